The Kier molecular flexibility index (Phi) is 5.25. The second kappa shape index (κ2) is 5.69. The summed E-state index contributed by atoms with van der Waals surface area (Å²) < 4.78 is 5.24. The molecule has 0 fully saturated rings. The van der Waals surface area contributed by atoms with E-state index >= 15 is 0 Å². The Morgan fingerprint density at radius 2 is 1.92 bits per heavy atom. The number of hydrogen-bond acceptors (Lipinski definition) is 3. The first-order valence-corrected chi connectivity index (χ1v) is 3.56. The van der Waals surface area contributed by atoms with Crippen molar-refractivity contribution >= 4 is 18.1 Å². The van der Waals surface area contributed by atoms with Gasteiger partial charge < -0.3 is 10.2 Å². The lowest BCUT2D eigenvalue weighted by Gasteiger charge is -2.03. The predicted octanol–water partition coefficient (Wildman–Crippen LogP) is 1.79. The predicted molar refractivity (Wildman–Crippen MR) is 52.7 cm³/mol. The van der Waals surface area contributed by atoms with Gasteiger partial charge in [0.05, 0.1) is 6.61 Å². The minimum absolute atomic E-state index is 0. The molecule has 0 aromatic heterocycles. The van der Waals surface area contributed by atoms with Crippen LogP contribution in [0.5, 0.6) is 5.75 Å². The van der Waals surface area contributed by atoms with Crippen LogP contribution >= 0.6 is 12.4 Å². The summed E-state index contributed by atoms with van der Waals surface area (Å²) in [6.45, 7) is 2.64. The molecule has 0 spiro atoms. The molecule has 68 valence electrons. The van der Waals surface area contributed by atoms with Crippen LogP contribution < -0.4 is 16.0 Å². The zero-order valence-electron chi connectivity index (χ0n) is 6.91. The maximum absolute atomic E-state index is 5.24. The van der Waals surface area contributed by atoms with Gasteiger partial charge in [-0.2, -0.15) is 0 Å². The fourth-order valence-corrected chi connectivity index (χ4v) is 0.814. The Morgan fingerprint density at radius 1 is 1.33 bits per heavy atom. The highest BCUT2D eigenvalue weighted by Crippen LogP contribution is 2.14. The lowest BCUT2D eigenvalue weighted by atomic mass is 10.3. The van der Waals surface area contributed by atoms with Gasteiger partial charge >= 0.3 is 0 Å². The molecule has 3 N–H and O–H groups in total. The number of ether oxygens (including phenoxy) is 1. The van der Waals surface area contributed by atoms with Gasteiger partial charge in [0.15, 0.2) is 0 Å². The van der Waals surface area contributed by atoms with Gasteiger partial charge in [-0.15, -0.1) is 12.4 Å². The first-order valence-electron chi connectivity index (χ1n) is 3.56. The average Bonchev–Trinajstić information content (AvgIpc) is 2.07. The molecule has 0 heterocycles. The fourth-order valence-electron chi connectivity index (χ4n) is 0.814. The second-order valence-corrected chi connectivity index (χ2v) is 2.10. The first kappa shape index (κ1) is 11.1. The van der Waals surface area contributed by atoms with Crippen molar-refractivity contribution in [3.05, 3.63) is 24.3 Å². The molecule has 0 bridgehead atoms. The second-order valence-electron chi connectivity index (χ2n) is 2.10. The molecule has 3 nitrogen and oxygen atoms in total. The van der Waals surface area contributed by atoms with Crippen molar-refractivity contribution in [3.8, 4) is 5.75 Å². The summed E-state index contributed by atoms with van der Waals surface area (Å²) in [5, 5.41) is 0. The molecule has 0 aliphatic heterocycles. The molecule has 0 amide bonds. The number of anilines is 1. The van der Waals surface area contributed by atoms with Crippen LogP contribution in [-0.4, -0.2) is 6.61 Å². The number of benzene rings is 1. The third-order valence-electron chi connectivity index (χ3n) is 1.33. The van der Waals surface area contributed by atoms with Gasteiger partial charge in [0.25, 0.3) is 0 Å². The SMILES string of the molecule is CCOc1ccc(NN)cc1.Cl. The quantitative estimate of drug-likeness (QED) is 0.562. The van der Waals surface area contributed by atoms with E-state index in [4.69, 9.17) is 10.6 Å². The summed E-state index contributed by atoms with van der Waals surface area (Å²) in [6.07, 6.45) is 0. The van der Waals surface area contributed by atoms with Gasteiger partial charge in [0, 0.05) is 5.69 Å². The molecule has 1 aromatic rings. The molecule has 0 aliphatic carbocycles. The molecule has 0 atom stereocenters. The number of hydrazine groups is 1. The smallest absolute Gasteiger partial charge is 0.119 e. The van der Waals surface area contributed by atoms with Crippen molar-refractivity contribution in [1.29, 1.82) is 0 Å². The van der Waals surface area contributed by atoms with Crippen LogP contribution in [0.1, 0.15) is 6.92 Å². The number of nitrogens with one attached hydrogen (secondary N) is 1. The van der Waals surface area contributed by atoms with Gasteiger partial charge in [-0.3, -0.25) is 5.84 Å². The monoisotopic (exact) mass is 188 g/mol. The van der Waals surface area contributed by atoms with Gasteiger partial charge in [0.1, 0.15) is 5.75 Å². The topological polar surface area (TPSA) is 47.3 Å². The Bertz CT molecular complexity index is 213. The zero-order chi connectivity index (χ0) is 8.10. The van der Waals surface area contributed by atoms with Crippen LogP contribution in [0.4, 0.5) is 5.69 Å². The maximum Gasteiger partial charge on any atom is 0.119 e. The standard InChI is InChI=1S/C8H12N2O.ClH/c1-2-11-8-5-3-7(10-9)4-6-8;/h3-6,10H,2,9H2,1H3;1H. The number of nitrogens with two attached hydrogens (primary N) is 1. The Morgan fingerprint density at radius 3 is 2.33 bits per heavy atom. The molecule has 0 radical (unpaired) electrons. The third kappa shape index (κ3) is 2.98. The largest absolute Gasteiger partial charge is 0.494 e. The van der Waals surface area contributed by atoms with E-state index in [1.165, 1.54) is 0 Å². The van der Waals surface area contributed by atoms with E-state index in [0.29, 0.717) is 6.61 Å². The molecule has 0 unspecified atom stereocenters. The van der Waals surface area contributed by atoms with Gasteiger partial charge in [-0.05, 0) is 31.2 Å². The molecule has 12 heavy (non-hydrogen) atoms. The van der Waals surface area contributed by atoms with Crippen molar-refractivity contribution in [2.45, 2.75) is 6.92 Å². The molecular formula is C8H13ClN2O. The van der Waals surface area contributed by atoms with Crippen molar-refractivity contribution in [3.63, 3.8) is 0 Å². The van der Waals surface area contributed by atoms with Gasteiger partial charge in [-0.1, -0.05) is 0 Å². The molecule has 1 rings (SSSR count). The minimum Gasteiger partial charge on any atom is -0.494 e. The molecule has 1 aromatic carbocycles. The molecule has 0 saturated heterocycles. The molecule has 0 aliphatic rings. The maximum atomic E-state index is 5.24. The zero-order valence-corrected chi connectivity index (χ0v) is 7.73. The Balaban J connectivity index is 0.00000121. The van der Waals surface area contributed by atoms with E-state index in [1.807, 2.05) is 31.2 Å². The minimum atomic E-state index is 0. The first-order chi connectivity index (χ1) is 5.36. The average molecular weight is 189 g/mol. The lowest BCUT2D eigenvalue weighted by Crippen LogP contribution is -2.06. The van der Waals surface area contributed by atoms with Crippen LogP contribution in [0.2, 0.25) is 0 Å². The van der Waals surface area contributed by atoms with E-state index in [0.717, 1.165) is 11.4 Å². The highest BCUT2D eigenvalue weighted by Gasteiger charge is 1.90. The third-order valence-corrected chi connectivity index (χ3v) is 1.33. The normalized spacial score (nSPS) is 8.50. The Labute approximate surface area is 78.3 Å². The summed E-state index contributed by atoms with van der Waals surface area (Å²) in [4.78, 5) is 0. The van der Waals surface area contributed by atoms with Crippen LogP contribution in [-0.2, 0) is 0 Å². The van der Waals surface area contributed by atoms with Crippen molar-refractivity contribution in [2.75, 3.05) is 12.0 Å². The molecule has 0 saturated carbocycles. The highest BCUT2D eigenvalue weighted by molar-refractivity contribution is 5.85. The summed E-state index contributed by atoms with van der Waals surface area (Å²) in [5.74, 6) is 6.05. The number of hydrogen-bond donors (Lipinski definition) is 2. The van der Waals surface area contributed by atoms with Crippen LogP contribution in [0.25, 0.3) is 0 Å². The number of rotatable bonds is 3. The van der Waals surface area contributed by atoms with Crippen LogP contribution in [0, 0.1) is 0 Å². The number of nitrogen functional groups attached to an aromatic ring is 1. The van der Waals surface area contributed by atoms with Crippen molar-refractivity contribution in [1.82, 2.24) is 0 Å². The molecule has 4 heteroatoms. The summed E-state index contributed by atoms with van der Waals surface area (Å²) in [6, 6.07) is 7.48. The van der Waals surface area contributed by atoms with Crippen LogP contribution in [0.15, 0.2) is 24.3 Å². The summed E-state index contributed by atoms with van der Waals surface area (Å²) in [7, 11) is 0. The number of halogens is 1. The molecular weight excluding hydrogens is 176 g/mol. The van der Waals surface area contributed by atoms with E-state index in [-0.39, 0.29) is 12.4 Å². The highest BCUT2D eigenvalue weighted by atomic mass is 35.5. The summed E-state index contributed by atoms with van der Waals surface area (Å²) in [5.41, 5.74) is 3.42. The fraction of sp³-hybridized carbons (Fsp3) is 0.250. The van der Waals surface area contributed by atoms with E-state index in [9.17, 15) is 0 Å². The van der Waals surface area contributed by atoms with Gasteiger partial charge in [0.2, 0.25) is 0 Å². The van der Waals surface area contributed by atoms with Crippen molar-refractivity contribution in [2.24, 2.45) is 5.84 Å². The lowest BCUT2D eigenvalue weighted by molar-refractivity contribution is 0.340. The van der Waals surface area contributed by atoms with E-state index in [1.54, 1.807) is 0 Å². The van der Waals surface area contributed by atoms with E-state index < -0.39 is 0 Å². The van der Waals surface area contributed by atoms with Crippen molar-refractivity contribution < 1.29 is 4.74 Å². The summed E-state index contributed by atoms with van der Waals surface area (Å²) >= 11 is 0. The van der Waals surface area contributed by atoms with Gasteiger partial charge in [-0.25, -0.2) is 0 Å². The van der Waals surface area contributed by atoms with E-state index in [2.05, 4.69) is 5.43 Å². The Hall–Kier alpha value is -0.930. The van der Waals surface area contributed by atoms with Crippen LogP contribution in [0.3, 0.4) is 0 Å².